The van der Waals surface area contributed by atoms with Gasteiger partial charge < -0.3 is 4.90 Å². The smallest absolute Gasteiger partial charge is 0.132 e. The Morgan fingerprint density at radius 2 is 1.83 bits per heavy atom. The summed E-state index contributed by atoms with van der Waals surface area (Å²) in [7, 11) is 1.87. The molecule has 0 unspecified atom stereocenters. The largest absolute Gasteiger partial charge is 0.329 e. The molecule has 1 aromatic carbocycles. The number of hydrogen-bond donors (Lipinski definition) is 0. The minimum Gasteiger partial charge on any atom is -0.329 e. The van der Waals surface area contributed by atoms with E-state index in [1.54, 1.807) is 24.3 Å². The fourth-order valence-corrected chi connectivity index (χ4v) is 1.57. The first-order valence-electron chi connectivity index (χ1n) is 5.34. The molecule has 86 valence electrons. The average molecular weight is 234 g/mol. The van der Waals surface area contributed by atoms with Crippen LogP contribution in [-0.4, -0.2) is 12.0 Å². The van der Waals surface area contributed by atoms with E-state index >= 15 is 0 Å². The summed E-state index contributed by atoms with van der Waals surface area (Å²) in [5, 5.41) is 17.6. The predicted octanol–water partition coefficient (Wildman–Crippen LogP) is 2.59. The summed E-state index contributed by atoms with van der Waals surface area (Å²) in [5.74, 6) is 0.726. The van der Waals surface area contributed by atoms with Crippen LogP contribution in [0.3, 0.4) is 0 Å². The maximum absolute atomic E-state index is 8.86. The lowest BCUT2D eigenvalue weighted by atomic mass is 10.2. The van der Waals surface area contributed by atoms with Gasteiger partial charge in [-0.3, -0.25) is 0 Å². The molecule has 0 radical (unpaired) electrons. The molecule has 0 spiro atoms. The maximum Gasteiger partial charge on any atom is 0.132 e. The molecule has 1 heterocycles. The fraction of sp³-hybridized carbons (Fsp3) is 0.0714. The number of pyridine rings is 1. The van der Waals surface area contributed by atoms with Crippen LogP contribution in [0.4, 0.5) is 11.5 Å². The number of nitrogens with zero attached hydrogens (tertiary/aromatic N) is 4. The molecule has 18 heavy (non-hydrogen) atoms. The number of nitriles is 2. The molecule has 2 aromatic rings. The lowest BCUT2D eigenvalue weighted by Crippen LogP contribution is -2.11. The zero-order chi connectivity index (χ0) is 13.0. The van der Waals surface area contributed by atoms with Gasteiger partial charge in [0.15, 0.2) is 0 Å². The lowest BCUT2D eigenvalue weighted by Gasteiger charge is -2.18. The summed E-state index contributed by atoms with van der Waals surface area (Å²) < 4.78 is 0. The summed E-state index contributed by atoms with van der Waals surface area (Å²) in [6.45, 7) is 0. The normalized spacial score (nSPS) is 9.28. The number of aromatic nitrogens is 1. The standard InChI is InChI=1S/C14H10N4/c1-18(13-4-2-3-11(7-13)8-15)14-6-5-12(9-16)10-17-14/h2-7,10H,1H3. The van der Waals surface area contributed by atoms with Gasteiger partial charge in [-0.1, -0.05) is 6.07 Å². The van der Waals surface area contributed by atoms with Crippen molar-refractivity contribution in [2.24, 2.45) is 0 Å². The van der Waals surface area contributed by atoms with Crippen molar-refractivity contribution in [3.05, 3.63) is 53.7 Å². The Hall–Kier alpha value is -2.85. The van der Waals surface area contributed by atoms with Crippen molar-refractivity contribution in [3.8, 4) is 12.1 Å². The van der Waals surface area contributed by atoms with Crippen molar-refractivity contribution in [1.82, 2.24) is 4.98 Å². The van der Waals surface area contributed by atoms with Gasteiger partial charge in [-0.25, -0.2) is 4.98 Å². The molecule has 1 aromatic heterocycles. The van der Waals surface area contributed by atoms with Crippen LogP contribution in [0.1, 0.15) is 11.1 Å². The molecule has 2 rings (SSSR count). The van der Waals surface area contributed by atoms with E-state index in [2.05, 4.69) is 11.1 Å². The van der Waals surface area contributed by atoms with Gasteiger partial charge in [0.1, 0.15) is 11.9 Å². The molecule has 0 atom stereocenters. The Balaban J connectivity index is 2.32. The average Bonchev–Trinajstić information content (AvgIpc) is 2.46. The zero-order valence-electron chi connectivity index (χ0n) is 9.83. The minimum atomic E-state index is 0.526. The molecule has 0 saturated carbocycles. The Morgan fingerprint density at radius 1 is 1.06 bits per heavy atom. The van der Waals surface area contributed by atoms with E-state index in [4.69, 9.17) is 10.5 Å². The first-order valence-corrected chi connectivity index (χ1v) is 5.34. The highest BCUT2D eigenvalue weighted by molar-refractivity contribution is 5.61. The molecule has 0 aliphatic carbocycles. The molecular weight excluding hydrogens is 224 g/mol. The Morgan fingerprint density at radius 3 is 2.44 bits per heavy atom. The summed E-state index contributed by atoms with van der Waals surface area (Å²) in [6.07, 6.45) is 1.53. The highest BCUT2D eigenvalue weighted by atomic mass is 15.2. The van der Waals surface area contributed by atoms with Crippen molar-refractivity contribution >= 4 is 11.5 Å². The Kier molecular flexibility index (Phi) is 3.22. The van der Waals surface area contributed by atoms with Gasteiger partial charge in [-0.05, 0) is 30.3 Å². The van der Waals surface area contributed by atoms with Crippen LogP contribution < -0.4 is 4.90 Å². The van der Waals surface area contributed by atoms with Gasteiger partial charge in [0.2, 0.25) is 0 Å². The second-order valence-electron chi connectivity index (χ2n) is 3.74. The molecule has 0 aliphatic rings. The van der Waals surface area contributed by atoms with Gasteiger partial charge in [0.05, 0.1) is 17.2 Å². The van der Waals surface area contributed by atoms with E-state index in [-0.39, 0.29) is 0 Å². The Bertz CT molecular complexity index is 632. The molecule has 0 N–H and O–H groups in total. The number of benzene rings is 1. The van der Waals surface area contributed by atoms with Gasteiger partial charge >= 0.3 is 0 Å². The molecule has 4 nitrogen and oxygen atoms in total. The van der Waals surface area contributed by atoms with E-state index < -0.39 is 0 Å². The van der Waals surface area contributed by atoms with Crippen LogP contribution in [0.5, 0.6) is 0 Å². The molecule has 0 bridgehead atoms. The summed E-state index contributed by atoms with van der Waals surface area (Å²) >= 11 is 0. The topological polar surface area (TPSA) is 63.7 Å². The van der Waals surface area contributed by atoms with Crippen molar-refractivity contribution in [1.29, 1.82) is 10.5 Å². The molecule has 0 fully saturated rings. The third-order valence-corrected chi connectivity index (χ3v) is 2.58. The van der Waals surface area contributed by atoms with Crippen LogP contribution in [0.25, 0.3) is 0 Å². The third-order valence-electron chi connectivity index (χ3n) is 2.58. The molecule has 0 aliphatic heterocycles. The summed E-state index contributed by atoms with van der Waals surface area (Å²) in [5.41, 5.74) is 2.01. The molecule has 4 heteroatoms. The third kappa shape index (κ3) is 2.28. The van der Waals surface area contributed by atoms with E-state index in [0.717, 1.165) is 11.5 Å². The SMILES string of the molecule is CN(c1cccc(C#N)c1)c1ccc(C#N)cn1. The van der Waals surface area contributed by atoms with Crippen molar-refractivity contribution < 1.29 is 0 Å². The zero-order valence-corrected chi connectivity index (χ0v) is 9.83. The predicted molar refractivity (Wildman–Crippen MR) is 68.2 cm³/mol. The number of anilines is 2. The quantitative estimate of drug-likeness (QED) is 0.801. The van der Waals surface area contributed by atoms with Crippen LogP contribution in [-0.2, 0) is 0 Å². The number of rotatable bonds is 2. The van der Waals surface area contributed by atoms with Crippen LogP contribution in [0, 0.1) is 22.7 Å². The monoisotopic (exact) mass is 234 g/mol. The van der Waals surface area contributed by atoms with Crippen LogP contribution >= 0.6 is 0 Å². The molecule has 0 saturated heterocycles. The van der Waals surface area contributed by atoms with Crippen LogP contribution in [0.2, 0.25) is 0 Å². The molecule has 0 amide bonds. The van der Waals surface area contributed by atoms with Crippen molar-refractivity contribution in [2.45, 2.75) is 0 Å². The van der Waals surface area contributed by atoms with E-state index in [9.17, 15) is 0 Å². The van der Waals surface area contributed by atoms with Crippen LogP contribution in [0.15, 0.2) is 42.6 Å². The maximum atomic E-state index is 8.86. The lowest BCUT2D eigenvalue weighted by molar-refractivity contribution is 1.12. The van der Waals surface area contributed by atoms with Gasteiger partial charge in [0.25, 0.3) is 0 Å². The highest BCUT2D eigenvalue weighted by Crippen LogP contribution is 2.22. The van der Waals surface area contributed by atoms with E-state index in [0.29, 0.717) is 11.1 Å². The first-order chi connectivity index (χ1) is 8.74. The summed E-state index contributed by atoms with van der Waals surface area (Å²) in [4.78, 5) is 6.06. The van der Waals surface area contributed by atoms with E-state index in [1.165, 1.54) is 6.20 Å². The Labute approximate surface area is 105 Å². The fourth-order valence-electron chi connectivity index (χ4n) is 1.57. The van der Waals surface area contributed by atoms with E-state index in [1.807, 2.05) is 30.1 Å². The minimum absolute atomic E-state index is 0.526. The summed E-state index contributed by atoms with van der Waals surface area (Å²) in [6, 6.07) is 14.9. The molecular formula is C14H10N4. The first kappa shape index (κ1) is 11.6. The van der Waals surface area contributed by atoms with Crippen molar-refractivity contribution in [3.63, 3.8) is 0 Å². The second kappa shape index (κ2) is 4.99. The van der Waals surface area contributed by atoms with Gasteiger partial charge in [-0.15, -0.1) is 0 Å². The number of hydrogen-bond acceptors (Lipinski definition) is 4. The van der Waals surface area contributed by atoms with Gasteiger partial charge in [-0.2, -0.15) is 10.5 Å². The van der Waals surface area contributed by atoms with Crippen molar-refractivity contribution in [2.75, 3.05) is 11.9 Å². The van der Waals surface area contributed by atoms with Gasteiger partial charge in [0, 0.05) is 18.9 Å². The second-order valence-corrected chi connectivity index (χ2v) is 3.74. The highest BCUT2D eigenvalue weighted by Gasteiger charge is 2.05.